The normalized spacial score (nSPS) is 12.0. The molecule has 5 nitrogen and oxygen atoms in total. The summed E-state index contributed by atoms with van der Waals surface area (Å²) in [6.07, 6.45) is 0. The van der Waals surface area contributed by atoms with Gasteiger partial charge in [0.15, 0.2) is 5.69 Å². The van der Waals surface area contributed by atoms with Gasteiger partial charge in [0, 0.05) is 11.3 Å². The van der Waals surface area contributed by atoms with Gasteiger partial charge in [-0.3, -0.25) is 4.68 Å². The molecule has 3 rings (SSSR count). The van der Waals surface area contributed by atoms with Gasteiger partial charge < -0.3 is 9.84 Å². The number of benzene rings is 2. The van der Waals surface area contributed by atoms with Crippen LogP contribution < -0.4 is 4.74 Å². The van der Waals surface area contributed by atoms with Crippen LogP contribution in [0, 0.1) is 18.6 Å². The molecule has 0 amide bonds. The minimum atomic E-state index is -1.13. The van der Waals surface area contributed by atoms with Crippen molar-refractivity contribution >= 4 is 21.9 Å². The van der Waals surface area contributed by atoms with Crippen molar-refractivity contribution in [2.45, 2.75) is 18.5 Å². The predicted octanol–water partition coefficient (Wildman–Crippen LogP) is 4.69. The zero-order valence-corrected chi connectivity index (χ0v) is 15.8. The number of aromatic carboxylic acids is 1. The average molecular weight is 437 g/mol. The molecule has 1 unspecified atom stereocenters. The van der Waals surface area contributed by atoms with Gasteiger partial charge in [0.25, 0.3) is 0 Å². The molecule has 0 fully saturated rings. The molecule has 0 radical (unpaired) electrons. The van der Waals surface area contributed by atoms with Gasteiger partial charge in [0.1, 0.15) is 28.9 Å². The Balaban J connectivity index is 1.89. The molecule has 8 heteroatoms. The summed E-state index contributed by atoms with van der Waals surface area (Å²) in [6.45, 7) is 1.44. The number of hydrogen-bond donors (Lipinski definition) is 1. The van der Waals surface area contributed by atoms with Crippen LogP contribution in [0.25, 0.3) is 0 Å². The number of hydrogen-bond acceptors (Lipinski definition) is 3. The van der Waals surface area contributed by atoms with E-state index in [1.54, 1.807) is 31.2 Å². The van der Waals surface area contributed by atoms with Gasteiger partial charge in [0.05, 0.1) is 5.56 Å². The minimum Gasteiger partial charge on any atom is -0.488 e. The lowest BCUT2D eigenvalue weighted by Gasteiger charge is -2.18. The maximum absolute atomic E-state index is 13.8. The number of aromatic nitrogens is 2. The summed E-state index contributed by atoms with van der Waals surface area (Å²) in [5.74, 6) is -2.10. The standard InChI is InChI=1S/C19H15BrF2N2O3/c1-11-9-16(19(25)26)23-24(11)18(20)12-5-2-3-8-17(12)27-10-13-14(21)6-4-7-15(13)22/h2-9,18H,10H2,1H3,(H,25,26). The van der Waals surface area contributed by atoms with Crippen LogP contribution in [0.4, 0.5) is 8.78 Å². The molecule has 0 saturated heterocycles. The molecule has 1 N–H and O–H groups in total. The highest BCUT2D eigenvalue weighted by Gasteiger charge is 2.20. The Bertz CT molecular complexity index is 971. The Morgan fingerprint density at radius 1 is 1.22 bits per heavy atom. The molecule has 1 atom stereocenters. The van der Waals surface area contributed by atoms with Crippen LogP contribution in [-0.4, -0.2) is 20.9 Å². The van der Waals surface area contributed by atoms with E-state index in [-0.39, 0.29) is 17.9 Å². The summed E-state index contributed by atoms with van der Waals surface area (Å²) in [6, 6.07) is 12.0. The third-order valence-corrected chi connectivity index (χ3v) is 4.85. The molecule has 0 bridgehead atoms. The highest BCUT2D eigenvalue weighted by atomic mass is 79.9. The van der Waals surface area contributed by atoms with E-state index in [1.165, 1.54) is 28.9 Å². The number of halogens is 3. The molecule has 0 spiro atoms. The van der Waals surface area contributed by atoms with Gasteiger partial charge in [0.2, 0.25) is 0 Å². The first kappa shape index (κ1) is 19.0. The molecule has 0 aliphatic heterocycles. The number of rotatable bonds is 6. The topological polar surface area (TPSA) is 64.3 Å². The van der Waals surface area contributed by atoms with Gasteiger partial charge in [-0.25, -0.2) is 13.6 Å². The second kappa shape index (κ2) is 7.87. The molecule has 2 aromatic carbocycles. The van der Waals surface area contributed by atoms with Crippen LogP contribution in [0.2, 0.25) is 0 Å². The SMILES string of the molecule is Cc1cc(C(=O)O)nn1C(Br)c1ccccc1OCc1c(F)cccc1F. The summed E-state index contributed by atoms with van der Waals surface area (Å²) in [5.41, 5.74) is 1.02. The Kier molecular flexibility index (Phi) is 5.55. The van der Waals surface area contributed by atoms with E-state index >= 15 is 0 Å². The number of aryl methyl sites for hydroxylation is 1. The quantitative estimate of drug-likeness (QED) is 0.569. The Morgan fingerprint density at radius 3 is 2.52 bits per heavy atom. The Hall–Kier alpha value is -2.74. The summed E-state index contributed by atoms with van der Waals surface area (Å²) in [5, 5.41) is 13.2. The number of carboxylic acid groups (broad SMARTS) is 1. The van der Waals surface area contributed by atoms with Crippen LogP contribution >= 0.6 is 15.9 Å². The third kappa shape index (κ3) is 4.00. The van der Waals surface area contributed by atoms with Gasteiger partial charge in [-0.2, -0.15) is 5.10 Å². The zero-order valence-electron chi connectivity index (χ0n) is 14.2. The largest absolute Gasteiger partial charge is 0.488 e. The van der Waals surface area contributed by atoms with Crippen molar-refractivity contribution in [2.75, 3.05) is 0 Å². The van der Waals surface area contributed by atoms with Crippen LogP contribution in [0.3, 0.4) is 0 Å². The van der Waals surface area contributed by atoms with E-state index in [4.69, 9.17) is 9.84 Å². The fourth-order valence-electron chi connectivity index (χ4n) is 2.58. The van der Waals surface area contributed by atoms with Crippen molar-refractivity contribution in [1.82, 2.24) is 9.78 Å². The summed E-state index contributed by atoms with van der Waals surface area (Å²) < 4.78 is 34.8. The van der Waals surface area contributed by atoms with E-state index in [9.17, 15) is 13.6 Å². The second-order valence-electron chi connectivity index (χ2n) is 5.78. The van der Waals surface area contributed by atoms with Gasteiger partial charge in [-0.1, -0.05) is 40.2 Å². The lowest BCUT2D eigenvalue weighted by atomic mass is 10.2. The predicted molar refractivity (Wildman–Crippen MR) is 98.1 cm³/mol. The molecule has 140 valence electrons. The van der Waals surface area contributed by atoms with Crippen LogP contribution in [-0.2, 0) is 6.61 Å². The van der Waals surface area contributed by atoms with Crippen LogP contribution in [0.15, 0.2) is 48.5 Å². The molecule has 0 aliphatic rings. The molecular weight excluding hydrogens is 422 g/mol. The first-order valence-corrected chi connectivity index (χ1v) is 8.88. The van der Waals surface area contributed by atoms with E-state index in [1.807, 2.05) is 0 Å². The number of para-hydroxylation sites is 1. The molecule has 1 aromatic heterocycles. The monoisotopic (exact) mass is 436 g/mol. The van der Waals surface area contributed by atoms with Crippen molar-refractivity contribution in [3.05, 3.63) is 82.7 Å². The maximum Gasteiger partial charge on any atom is 0.356 e. The average Bonchev–Trinajstić information content (AvgIpc) is 3.03. The first-order valence-electron chi connectivity index (χ1n) is 7.96. The van der Waals surface area contributed by atoms with Gasteiger partial charge in [-0.05, 0) is 31.2 Å². The van der Waals surface area contributed by atoms with Gasteiger partial charge in [-0.15, -0.1) is 0 Å². The zero-order chi connectivity index (χ0) is 19.6. The van der Waals surface area contributed by atoms with Crippen LogP contribution in [0.1, 0.15) is 32.3 Å². The number of ether oxygens (including phenoxy) is 1. The van der Waals surface area contributed by atoms with Crippen molar-refractivity contribution in [1.29, 1.82) is 0 Å². The highest BCUT2D eigenvalue weighted by Crippen LogP contribution is 2.33. The smallest absolute Gasteiger partial charge is 0.356 e. The fourth-order valence-corrected chi connectivity index (χ4v) is 3.38. The van der Waals surface area contributed by atoms with E-state index < -0.39 is 22.6 Å². The summed E-state index contributed by atoms with van der Waals surface area (Å²) in [7, 11) is 0. The summed E-state index contributed by atoms with van der Waals surface area (Å²) >= 11 is 3.49. The first-order chi connectivity index (χ1) is 12.9. The third-order valence-electron chi connectivity index (χ3n) is 3.97. The maximum atomic E-state index is 13.8. The number of nitrogens with zero attached hydrogens (tertiary/aromatic N) is 2. The highest BCUT2D eigenvalue weighted by molar-refractivity contribution is 9.09. The van der Waals surface area contributed by atoms with Crippen molar-refractivity contribution in [3.8, 4) is 5.75 Å². The molecule has 3 aromatic rings. The molecule has 27 heavy (non-hydrogen) atoms. The van der Waals surface area contributed by atoms with Crippen LogP contribution in [0.5, 0.6) is 5.75 Å². The Labute approximate surface area is 162 Å². The minimum absolute atomic E-state index is 0.0798. The number of alkyl halides is 1. The van der Waals surface area contributed by atoms with Crippen molar-refractivity contribution < 1.29 is 23.4 Å². The van der Waals surface area contributed by atoms with E-state index in [0.717, 1.165) is 0 Å². The van der Waals surface area contributed by atoms with E-state index in [2.05, 4.69) is 21.0 Å². The lowest BCUT2D eigenvalue weighted by Crippen LogP contribution is -2.11. The Morgan fingerprint density at radius 2 is 1.89 bits per heavy atom. The lowest BCUT2D eigenvalue weighted by molar-refractivity contribution is 0.0689. The van der Waals surface area contributed by atoms with Gasteiger partial charge >= 0.3 is 5.97 Å². The molecule has 1 heterocycles. The molecule has 0 aliphatic carbocycles. The summed E-state index contributed by atoms with van der Waals surface area (Å²) in [4.78, 5) is 10.6. The van der Waals surface area contributed by atoms with Crippen molar-refractivity contribution in [2.24, 2.45) is 0 Å². The molecular formula is C19H15BrF2N2O3. The number of carbonyl (C=O) groups is 1. The fraction of sp³-hybridized carbons (Fsp3) is 0.158. The second-order valence-corrected chi connectivity index (χ2v) is 6.65. The van der Waals surface area contributed by atoms with E-state index in [0.29, 0.717) is 17.0 Å². The molecule has 0 saturated carbocycles. The number of carboxylic acids is 1. The van der Waals surface area contributed by atoms with Crippen molar-refractivity contribution in [3.63, 3.8) is 0 Å².